The van der Waals surface area contributed by atoms with Crippen LogP contribution < -0.4 is 4.72 Å². The number of benzene rings is 2. The molecule has 0 aliphatic rings. The summed E-state index contributed by atoms with van der Waals surface area (Å²) < 4.78 is 55.9. The molecule has 10 heteroatoms. The maximum absolute atomic E-state index is 12.5. The van der Waals surface area contributed by atoms with Gasteiger partial charge in [-0.05, 0) is 55.0 Å². The summed E-state index contributed by atoms with van der Waals surface area (Å²) in [6.07, 6.45) is 2.75. The van der Waals surface area contributed by atoms with Crippen LogP contribution in [-0.4, -0.2) is 46.9 Å². The van der Waals surface area contributed by atoms with Crippen LogP contribution in [0.4, 0.5) is 5.69 Å². The number of carbonyl (C=O) groups is 1. The Bertz CT molecular complexity index is 1070. The number of aliphatic hydroxyl groups is 1. The van der Waals surface area contributed by atoms with Gasteiger partial charge in [-0.1, -0.05) is 12.1 Å². The second-order valence-corrected chi connectivity index (χ2v) is 9.62. The Hall–Kier alpha value is -2.69. The number of rotatable bonds is 9. The number of sulfonamides is 1. The van der Waals surface area contributed by atoms with E-state index in [0.717, 1.165) is 0 Å². The lowest BCUT2D eigenvalue weighted by Crippen LogP contribution is -2.13. The van der Waals surface area contributed by atoms with E-state index in [4.69, 9.17) is 9.84 Å². The first-order valence-corrected chi connectivity index (χ1v) is 11.7. The second kappa shape index (κ2) is 9.68. The number of ether oxygens (including phenoxy) is 1. The van der Waals surface area contributed by atoms with Crippen molar-refractivity contribution in [1.82, 2.24) is 0 Å². The first-order chi connectivity index (χ1) is 13.7. The average molecular weight is 440 g/mol. The minimum Gasteiger partial charge on any atom is -0.463 e. The maximum Gasteiger partial charge on any atom is 0.330 e. The van der Waals surface area contributed by atoms with Crippen LogP contribution in [-0.2, 0) is 29.4 Å². The molecule has 0 aliphatic carbocycles. The molecule has 0 spiro atoms. The molecule has 29 heavy (non-hydrogen) atoms. The molecule has 2 N–H and O–H groups in total. The maximum atomic E-state index is 12.5. The van der Waals surface area contributed by atoms with E-state index in [1.54, 1.807) is 6.92 Å². The Balaban J connectivity index is 2.12. The Labute approximate surface area is 169 Å². The van der Waals surface area contributed by atoms with Crippen molar-refractivity contribution < 1.29 is 31.5 Å². The molecule has 0 bridgehead atoms. The predicted molar refractivity (Wildman–Crippen MR) is 108 cm³/mol. The number of carbonyl (C=O) groups excluding carboxylic acids is 1. The van der Waals surface area contributed by atoms with Gasteiger partial charge in [0.25, 0.3) is 10.0 Å². The summed E-state index contributed by atoms with van der Waals surface area (Å²) in [5.41, 5.74) is 0.815. The van der Waals surface area contributed by atoms with Crippen molar-refractivity contribution in [3.8, 4) is 0 Å². The van der Waals surface area contributed by atoms with Crippen molar-refractivity contribution in [3.05, 3.63) is 60.2 Å². The molecule has 0 radical (unpaired) electrons. The highest BCUT2D eigenvalue weighted by Crippen LogP contribution is 2.20. The minimum absolute atomic E-state index is 0.00256. The van der Waals surface area contributed by atoms with Crippen LogP contribution in [0.15, 0.2) is 64.4 Å². The van der Waals surface area contributed by atoms with Gasteiger partial charge in [0.1, 0.15) is 0 Å². The zero-order valence-corrected chi connectivity index (χ0v) is 17.2. The van der Waals surface area contributed by atoms with Crippen LogP contribution in [0.5, 0.6) is 0 Å². The van der Waals surface area contributed by atoms with E-state index in [1.165, 1.54) is 60.7 Å². The van der Waals surface area contributed by atoms with Crippen LogP contribution in [0.2, 0.25) is 0 Å². The lowest BCUT2D eigenvalue weighted by Gasteiger charge is -2.09. The number of nitrogens with one attached hydrogen (secondary N) is 1. The second-order valence-electron chi connectivity index (χ2n) is 5.83. The molecule has 0 saturated carbocycles. The summed E-state index contributed by atoms with van der Waals surface area (Å²) in [6, 6.07) is 11.0. The monoisotopic (exact) mass is 439 g/mol. The van der Waals surface area contributed by atoms with Crippen LogP contribution >= 0.6 is 0 Å². The molecule has 2 rings (SSSR count). The quantitative estimate of drug-likeness (QED) is 0.451. The largest absolute Gasteiger partial charge is 0.463 e. The van der Waals surface area contributed by atoms with E-state index >= 15 is 0 Å². The SMILES string of the molecule is CCOC(=O)C=Cc1ccc(S(=O)(=O)Nc2ccc(S(=O)(=O)CCO)cc2)cc1. The first kappa shape index (κ1) is 22.6. The molecular weight excluding hydrogens is 418 g/mol. The Morgan fingerprint density at radius 1 is 1.00 bits per heavy atom. The van der Waals surface area contributed by atoms with Gasteiger partial charge in [-0.3, -0.25) is 4.72 Å². The fraction of sp³-hybridized carbons (Fsp3) is 0.211. The van der Waals surface area contributed by atoms with Gasteiger partial charge >= 0.3 is 5.97 Å². The van der Waals surface area contributed by atoms with Crippen molar-refractivity contribution in [2.24, 2.45) is 0 Å². The zero-order valence-electron chi connectivity index (χ0n) is 15.6. The summed E-state index contributed by atoms with van der Waals surface area (Å²) >= 11 is 0. The van der Waals surface area contributed by atoms with Crippen LogP contribution in [0, 0.1) is 0 Å². The number of esters is 1. The Morgan fingerprint density at radius 3 is 2.14 bits per heavy atom. The molecule has 0 unspecified atom stereocenters. The number of anilines is 1. The number of hydrogen-bond donors (Lipinski definition) is 2. The summed E-state index contributed by atoms with van der Waals surface area (Å²) in [5.74, 6) is -0.898. The highest BCUT2D eigenvalue weighted by Gasteiger charge is 2.16. The van der Waals surface area contributed by atoms with E-state index < -0.39 is 38.2 Å². The van der Waals surface area contributed by atoms with Gasteiger partial charge in [-0.25, -0.2) is 21.6 Å². The van der Waals surface area contributed by atoms with E-state index in [9.17, 15) is 21.6 Å². The smallest absolute Gasteiger partial charge is 0.330 e. The minimum atomic E-state index is -3.88. The third-order valence-electron chi connectivity index (χ3n) is 3.71. The third-order valence-corrected chi connectivity index (χ3v) is 6.82. The fourth-order valence-corrected chi connectivity index (χ4v) is 4.38. The van der Waals surface area contributed by atoms with Gasteiger partial charge < -0.3 is 9.84 Å². The van der Waals surface area contributed by atoms with Crippen LogP contribution in [0.3, 0.4) is 0 Å². The molecule has 156 valence electrons. The van der Waals surface area contributed by atoms with Crippen molar-refractivity contribution in [3.63, 3.8) is 0 Å². The number of hydrogen-bond acceptors (Lipinski definition) is 7. The van der Waals surface area contributed by atoms with Crippen molar-refractivity contribution in [2.75, 3.05) is 23.7 Å². The molecular formula is C19H21NO7S2. The molecule has 0 heterocycles. The number of sulfone groups is 1. The summed E-state index contributed by atoms with van der Waals surface area (Å²) in [7, 11) is -7.49. The van der Waals surface area contributed by atoms with E-state index in [0.29, 0.717) is 5.56 Å². The lowest BCUT2D eigenvalue weighted by atomic mass is 10.2. The molecule has 2 aromatic rings. The van der Waals surface area contributed by atoms with Gasteiger partial charge in [0, 0.05) is 11.8 Å². The fourth-order valence-electron chi connectivity index (χ4n) is 2.30. The molecule has 2 aromatic carbocycles. The lowest BCUT2D eigenvalue weighted by molar-refractivity contribution is -0.137. The van der Waals surface area contributed by atoms with Crippen molar-refractivity contribution >= 4 is 37.6 Å². The van der Waals surface area contributed by atoms with E-state index in [1.807, 2.05) is 0 Å². The van der Waals surface area contributed by atoms with Gasteiger partial charge in [0.05, 0.1) is 28.8 Å². The molecule has 0 fully saturated rings. The topological polar surface area (TPSA) is 127 Å². The molecule has 0 atom stereocenters. The standard InChI is InChI=1S/C19H21NO7S2/c1-2-27-19(22)12-5-15-3-8-18(9-4-15)29(25,26)20-16-6-10-17(11-7-16)28(23,24)14-13-21/h3-12,20-21H,2,13-14H2,1H3. The number of aliphatic hydroxyl groups excluding tert-OH is 1. The van der Waals surface area contributed by atoms with Crippen LogP contribution in [0.1, 0.15) is 12.5 Å². The summed E-state index contributed by atoms with van der Waals surface area (Å²) in [4.78, 5) is 11.3. The van der Waals surface area contributed by atoms with Crippen molar-refractivity contribution in [1.29, 1.82) is 0 Å². The van der Waals surface area contributed by atoms with Crippen LogP contribution in [0.25, 0.3) is 6.08 Å². The zero-order chi connectivity index (χ0) is 21.5. The van der Waals surface area contributed by atoms with E-state index in [2.05, 4.69) is 4.72 Å². The third kappa shape index (κ3) is 6.41. The predicted octanol–water partition coefficient (Wildman–Crippen LogP) is 1.83. The molecule has 0 aliphatic heterocycles. The Kier molecular flexibility index (Phi) is 7.54. The van der Waals surface area contributed by atoms with E-state index in [-0.39, 0.29) is 22.1 Å². The highest BCUT2D eigenvalue weighted by atomic mass is 32.2. The van der Waals surface area contributed by atoms with Gasteiger partial charge in [0.2, 0.25) is 0 Å². The summed E-state index contributed by atoms with van der Waals surface area (Å²) in [5, 5.41) is 8.80. The normalized spacial score (nSPS) is 12.1. The first-order valence-electron chi connectivity index (χ1n) is 8.59. The molecule has 0 amide bonds. The van der Waals surface area contributed by atoms with Crippen molar-refractivity contribution in [2.45, 2.75) is 16.7 Å². The molecule has 0 saturated heterocycles. The molecule has 8 nitrogen and oxygen atoms in total. The average Bonchev–Trinajstić information content (AvgIpc) is 2.67. The van der Waals surface area contributed by atoms with Gasteiger partial charge in [-0.2, -0.15) is 0 Å². The summed E-state index contributed by atoms with van der Waals surface area (Å²) in [6.45, 7) is 1.46. The van der Waals surface area contributed by atoms with Gasteiger partial charge in [0.15, 0.2) is 9.84 Å². The molecule has 0 aromatic heterocycles. The Morgan fingerprint density at radius 2 is 1.59 bits per heavy atom. The van der Waals surface area contributed by atoms with Gasteiger partial charge in [-0.15, -0.1) is 0 Å². The highest BCUT2D eigenvalue weighted by molar-refractivity contribution is 7.92.